The molecule has 0 atom stereocenters. The third-order valence-corrected chi connectivity index (χ3v) is 4.72. The Hall–Kier alpha value is -2.67. The second kappa shape index (κ2) is 7.29. The fourth-order valence-corrected chi connectivity index (χ4v) is 3.32. The van der Waals surface area contributed by atoms with Crippen LogP contribution in [0.3, 0.4) is 0 Å². The summed E-state index contributed by atoms with van der Waals surface area (Å²) >= 11 is 3.45. The van der Waals surface area contributed by atoms with Crippen molar-refractivity contribution < 1.29 is 9.53 Å². The first-order chi connectivity index (χ1) is 12.7. The summed E-state index contributed by atoms with van der Waals surface area (Å²) in [6.45, 7) is 0.804. The van der Waals surface area contributed by atoms with E-state index in [2.05, 4.69) is 31.4 Å². The smallest absolute Gasteiger partial charge is 0.260 e. The molecule has 0 aliphatic carbocycles. The lowest BCUT2D eigenvalue weighted by Crippen LogP contribution is -2.24. The van der Waals surface area contributed by atoms with Crippen molar-refractivity contribution in [2.24, 2.45) is 5.10 Å². The third kappa shape index (κ3) is 3.48. The van der Waals surface area contributed by atoms with Gasteiger partial charge in [-0.1, -0.05) is 28.1 Å². The van der Waals surface area contributed by atoms with Crippen molar-refractivity contribution in [3.05, 3.63) is 58.8 Å². The van der Waals surface area contributed by atoms with Gasteiger partial charge in [-0.2, -0.15) is 5.10 Å². The molecule has 0 radical (unpaired) electrons. The highest BCUT2D eigenvalue weighted by Crippen LogP contribution is 2.28. The number of rotatable bonds is 3. The molecule has 1 amide bonds. The monoisotopic (exact) mass is 412 g/mol. The topological polar surface area (TPSA) is 68.5 Å². The molecule has 1 aliphatic rings. The van der Waals surface area contributed by atoms with Crippen LogP contribution in [-0.4, -0.2) is 27.8 Å². The van der Waals surface area contributed by atoms with Crippen LogP contribution in [-0.2, 0) is 11.3 Å². The molecule has 0 spiro atoms. The Morgan fingerprint density at radius 1 is 1.31 bits per heavy atom. The molecule has 26 heavy (non-hydrogen) atoms. The molecule has 0 saturated heterocycles. The van der Waals surface area contributed by atoms with Crippen molar-refractivity contribution in [2.45, 2.75) is 19.4 Å². The Balaban J connectivity index is 1.51. The fourth-order valence-electron chi connectivity index (χ4n) is 2.98. The van der Waals surface area contributed by atoms with Gasteiger partial charge < -0.3 is 9.30 Å². The standard InChI is InChI=1S/C19H17BrN4O2/c20-13-7-8-14-15(5-3-9-26-18(14)10-13)22-23-19(25)11-24-12-21-16-4-1-2-6-17(16)24/h1-2,4,6-8,10,12H,3,5,9,11H2,(H,23,25)/b22-15-. The number of benzene rings is 2. The molecular formula is C19H17BrN4O2. The number of nitrogens with zero attached hydrogens (tertiary/aromatic N) is 3. The van der Waals surface area contributed by atoms with Crippen LogP contribution < -0.4 is 10.2 Å². The van der Waals surface area contributed by atoms with E-state index in [4.69, 9.17) is 4.74 Å². The lowest BCUT2D eigenvalue weighted by atomic mass is 10.1. The van der Waals surface area contributed by atoms with Gasteiger partial charge in [0.15, 0.2) is 0 Å². The number of halogens is 1. The molecule has 0 unspecified atom stereocenters. The number of hydrazone groups is 1. The molecule has 1 aromatic heterocycles. The van der Waals surface area contributed by atoms with Gasteiger partial charge >= 0.3 is 0 Å². The zero-order valence-electron chi connectivity index (χ0n) is 14.0. The first kappa shape index (κ1) is 16.8. The molecule has 7 heteroatoms. The maximum absolute atomic E-state index is 12.3. The Morgan fingerprint density at radius 2 is 2.19 bits per heavy atom. The first-order valence-electron chi connectivity index (χ1n) is 8.39. The maximum Gasteiger partial charge on any atom is 0.260 e. The van der Waals surface area contributed by atoms with Gasteiger partial charge in [0.05, 0.1) is 29.7 Å². The summed E-state index contributed by atoms with van der Waals surface area (Å²) in [6, 6.07) is 13.6. The number of para-hydroxylation sites is 2. The van der Waals surface area contributed by atoms with Crippen LogP contribution in [0.4, 0.5) is 0 Å². The number of nitrogens with one attached hydrogen (secondary N) is 1. The summed E-state index contributed by atoms with van der Waals surface area (Å²) in [6.07, 6.45) is 3.28. The summed E-state index contributed by atoms with van der Waals surface area (Å²) < 4.78 is 8.53. The fraction of sp³-hybridized carbons (Fsp3) is 0.211. The van der Waals surface area contributed by atoms with Gasteiger partial charge in [-0.05, 0) is 43.2 Å². The molecule has 1 N–H and O–H groups in total. The molecule has 6 nitrogen and oxygen atoms in total. The van der Waals surface area contributed by atoms with Crippen LogP contribution in [0, 0.1) is 0 Å². The third-order valence-electron chi connectivity index (χ3n) is 4.23. The SMILES string of the molecule is O=C(Cn1cnc2ccccc21)N/N=C1/CCCOc2cc(Br)ccc21. The van der Waals surface area contributed by atoms with Gasteiger partial charge in [0, 0.05) is 10.0 Å². The summed E-state index contributed by atoms with van der Waals surface area (Å²) in [4.78, 5) is 16.6. The highest BCUT2D eigenvalue weighted by Gasteiger charge is 2.16. The van der Waals surface area contributed by atoms with E-state index in [1.54, 1.807) is 6.33 Å². The lowest BCUT2D eigenvalue weighted by molar-refractivity contribution is -0.121. The van der Waals surface area contributed by atoms with E-state index >= 15 is 0 Å². The second-order valence-electron chi connectivity index (χ2n) is 6.05. The predicted octanol–water partition coefficient (Wildman–Crippen LogP) is 3.49. The van der Waals surface area contributed by atoms with Crippen molar-refractivity contribution in [1.29, 1.82) is 0 Å². The summed E-state index contributed by atoms with van der Waals surface area (Å²) in [5, 5.41) is 4.36. The minimum atomic E-state index is -0.190. The van der Waals surface area contributed by atoms with Gasteiger partial charge in [-0.3, -0.25) is 4.79 Å². The predicted molar refractivity (Wildman–Crippen MR) is 103 cm³/mol. The van der Waals surface area contributed by atoms with E-state index in [-0.39, 0.29) is 12.5 Å². The van der Waals surface area contributed by atoms with Gasteiger partial charge in [-0.15, -0.1) is 0 Å². The van der Waals surface area contributed by atoms with Crippen molar-refractivity contribution >= 4 is 38.6 Å². The molecule has 3 aromatic rings. The minimum absolute atomic E-state index is 0.168. The number of ether oxygens (including phenoxy) is 1. The molecule has 1 aliphatic heterocycles. The largest absolute Gasteiger partial charge is 0.493 e. The number of hydrogen-bond donors (Lipinski definition) is 1. The number of imidazole rings is 1. The van der Waals surface area contributed by atoms with Gasteiger partial charge in [-0.25, -0.2) is 10.4 Å². The summed E-state index contributed by atoms with van der Waals surface area (Å²) in [5.41, 5.74) is 6.21. The number of aromatic nitrogens is 2. The number of carbonyl (C=O) groups excluding carboxylic acids is 1. The van der Waals surface area contributed by atoms with Gasteiger partial charge in [0.1, 0.15) is 12.3 Å². The van der Waals surface area contributed by atoms with Crippen molar-refractivity contribution in [2.75, 3.05) is 6.61 Å². The highest BCUT2D eigenvalue weighted by atomic mass is 79.9. The van der Waals surface area contributed by atoms with Crippen LogP contribution in [0.15, 0.2) is 58.4 Å². The quantitative estimate of drug-likeness (QED) is 0.669. The van der Waals surface area contributed by atoms with Crippen LogP contribution >= 0.6 is 15.9 Å². The van der Waals surface area contributed by atoms with Gasteiger partial charge in [0.25, 0.3) is 5.91 Å². The number of carbonyl (C=O) groups is 1. The Labute approximate surface area is 159 Å². The van der Waals surface area contributed by atoms with Crippen molar-refractivity contribution in [3.63, 3.8) is 0 Å². The van der Waals surface area contributed by atoms with E-state index in [0.29, 0.717) is 6.61 Å². The van der Waals surface area contributed by atoms with Crippen molar-refractivity contribution in [1.82, 2.24) is 15.0 Å². The van der Waals surface area contributed by atoms with E-state index < -0.39 is 0 Å². The summed E-state index contributed by atoms with van der Waals surface area (Å²) in [5.74, 6) is 0.593. The normalized spacial score (nSPS) is 15.3. The van der Waals surface area contributed by atoms with E-state index in [9.17, 15) is 4.79 Å². The zero-order chi connectivity index (χ0) is 17.9. The molecule has 4 rings (SSSR count). The molecule has 2 aromatic carbocycles. The zero-order valence-corrected chi connectivity index (χ0v) is 15.6. The number of fused-ring (bicyclic) bond motifs is 2. The van der Waals surface area contributed by atoms with Crippen LogP contribution in [0.5, 0.6) is 5.75 Å². The Bertz CT molecular complexity index is 996. The second-order valence-corrected chi connectivity index (χ2v) is 6.96. The molecule has 2 heterocycles. The maximum atomic E-state index is 12.3. The number of hydrogen-bond acceptors (Lipinski definition) is 4. The van der Waals surface area contributed by atoms with E-state index in [0.717, 1.165) is 45.4 Å². The van der Waals surface area contributed by atoms with Crippen LogP contribution in [0.25, 0.3) is 11.0 Å². The van der Waals surface area contributed by atoms with Crippen LogP contribution in [0.2, 0.25) is 0 Å². The molecule has 132 valence electrons. The van der Waals surface area contributed by atoms with E-state index in [1.807, 2.05) is 47.0 Å². The van der Waals surface area contributed by atoms with Gasteiger partial charge in [0.2, 0.25) is 0 Å². The minimum Gasteiger partial charge on any atom is -0.493 e. The molecular weight excluding hydrogens is 396 g/mol. The number of amides is 1. The first-order valence-corrected chi connectivity index (χ1v) is 9.18. The summed E-state index contributed by atoms with van der Waals surface area (Å²) in [7, 11) is 0. The Kier molecular flexibility index (Phi) is 4.71. The molecule has 0 bridgehead atoms. The lowest BCUT2D eigenvalue weighted by Gasteiger charge is -2.09. The molecule has 0 saturated carbocycles. The van der Waals surface area contributed by atoms with E-state index in [1.165, 1.54) is 0 Å². The van der Waals surface area contributed by atoms with Crippen LogP contribution in [0.1, 0.15) is 18.4 Å². The Morgan fingerprint density at radius 3 is 3.12 bits per heavy atom. The highest BCUT2D eigenvalue weighted by molar-refractivity contribution is 9.10. The van der Waals surface area contributed by atoms with Crippen molar-refractivity contribution in [3.8, 4) is 5.75 Å². The molecule has 0 fully saturated rings. The average Bonchev–Trinajstić information content (AvgIpc) is 2.93. The average molecular weight is 413 g/mol.